The van der Waals surface area contributed by atoms with Crippen LogP contribution in [0.25, 0.3) is 11.1 Å². The summed E-state index contributed by atoms with van der Waals surface area (Å²) in [6.45, 7) is -1.93. The van der Waals surface area contributed by atoms with E-state index in [-0.39, 0.29) is 42.1 Å². The number of benzene rings is 1. The molecular weight excluding hydrogens is 429 g/mol. The van der Waals surface area contributed by atoms with Crippen LogP contribution in [0.2, 0.25) is 0 Å². The molecule has 7 nitrogen and oxygen atoms in total. The molecule has 0 radical (unpaired) electrons. The van der Waals surface area contributed by atoms with Crippen molar-refractivity contribution in [2.45, 2.75) is 25.1 Å². The van der Waals surface area contributed by atoms with Gasteiger partial charge in [-0.3, -0.25) is 4.79 Å². The molecule has 3 N–H and O–H groups in total. The zero-order chi connectivity index (χ0) is 22.8. The Balaban J connectivity index is 1.80. The number of hydrogen-bond donors (Lipinski definition) is 2. The predicted octanol–water partition coefficient (Wildman–Crippen LogP) is 3.11. The number of alkyl halides is 3. The first kappa shape index (κ1) is 22.2. The Morgan fingerprint density at radius 3 is 2.61 bits per heavy atom. The average molecular weight is 445 g/mol. The van der Waals surface area contributed by atoms with Crippen molar-refractivity contribution in [2.75, 3.05) is 13.2 Å². The summed E-state index contributed by atoms with van der Waals surface area (Å²) in [7, 11) is 0. The van der Waals surface area contributed by atoms with Gasteiger partial charge in [0.25, 0.3) is 5.91 Å². The molecule has 0 saturated heterocycles. The van der Waals surface area contributed by atoms with Gasteiger partial charge in [0, 0.05) is 17.2 Å². The Bertz CT molecular complexity index is 1010. The molecule has 166 valence electrons. The normalized spacial score (nSPS) is 15.6. The van der Waals surface area contributed by atoms with Crippen molar-refractivity contribution in [1.29, 1.82) is 0 Å². The fourth-order valence-corrected chi connectivity index (χ4v) is 2.99. The monoisotopic (exact) mass is 445 g/mol. The Morgan fingerprint density at radius 1 is 1.23 bits per heavy atom. The molecule has 1 aromatic heterocycles. The van der Waals surface area contributed by atoms with Gasteiger partial charge in [0.05, 0.1) is 0 Å². The summed E-state index contributed by atoms with van der Waals surface area (Å²) in [5, 5.41) is 1.56. The molecule has 0 bridgehead atoms. The van der Waals surface area contributed by atoms with Crippen LogP contribution in [0.1, 0.15) is 22.5 Å². The van der Waals surface area contributed by atoms with Crippen molar-refractivity contribution < 1.29 is 41.0 Å². The molecule has 2 heterocycles. The minimum Gasteiger partial charge on any atom is -0.470 e. The quantitative estimate of drug-likeness (QED) is 0.689. The number of hydrogen-bond acceptors (Lipinski definition) is 5. The van der Waals surface area contributed by atoms with Crippen LogP contribution in [-0.2, 0) is 11.2 Å². The highest BCUT2D eigenvalue weighted by Crippen LogP contribution is 2.36. The standard InChI is InChI=1S/C19H16F5N3O4/c20-9-1-3-11(14(21)5-9)13-6-15(16(25)28)27-17-12(13)4-2-10(31-17)7-30-18(29)26-8-19(22,23)24/h1,3,5-6,10H,2,4,7-8H2,(H2,25,28)(H,26,29)/t10-/m1/s1. The fourth-order valence-electron chi connectivity index (χ4n) is 2.99. The van der Waals surface area contributed by atoms with Crippen molar-refractivity contribution in [3.8, 4) is 17.0 Å². The maximum Gasteiger partial charge on any atom is 0.407 e. The summed E-state index contributed by atoms with van der Waals surface area (Å²) in [6.07, 6.45) is -6.12. The third-order valence-corrected chi connectivity index (χ3v) is 4.39. The summed E-state index contributed by atoms with van der Waals surface area (Å²) in [5.41, 5.74) is 5.71. The number of nitrogens with one attached hydrogen (secondary N) is 1. The highest BCUT2D eigenvalue weighted by atomic mass is 19.4. The summed E-state index contributed by atoms with van der Waals surface area (Å²) in [6, 6.07) is 4.20. The molecular formula is C19H16F5N3O4. The van der Waals surface area contributed by atoms with E-state index in [1.54, 1.807) is 5.32 Å². The lowest BCUT2D eigenvalue weighted by atomic mass is 9.94. The second kappa shape index (κ2) is 8.74. The molecule has 1 aromatic carbocycles. The van der Waals surface area contributed by atoms with Gasteiger partial charge >= 0.3 is 12.3 Å². The van der Waals surface area contributed by atoms with E-state index < -0.39 is 42.5 Å². The number of nitrogens with two attached hydrogens (primary N) is 1. The average Bonchev–Trinajstić information content (AvgIpc) is 2.69. The minimum absolute atomic E-state index is 0.00683. The summed E-state index contributed by atoms with van der Waals surface area (Å²) < 4.78 is 74.3. The maximum atomic E-state index is 14.3. The molecule has 1 aliphatic heterocycles. The molecule has 2 amide bonds. The zero-order valence-corrected chi connectivity index (χ0v) is 15.8. The number of carbonyl (C=O) groups excluding carboxylic acids is 2. The molecule has 12 heteroatoms. The summed E-state index contributed by atoms with van der Waals surface area (Å²) in [4.78, 5) is 27.0. The minimum atomic E-state index is -4.58. The predicted molar refractivity (Wildman–Crippen MR) is 96.2 cm³/mol. The lowest BCUT2D eigenvalue weighted by Gasteiger charge is -2.27. The van der Waals surface area contributed by atoms with Gasteiger partial charge in [0.1, 0.15) is 36.6 Å². The van der Waals surface area contributed by atoms with Crippen LogP contribution in [0.4, 0.5) is 26.7 Å². The van der Waals surface area contributed by atoms with E-state index >= 15 is 0 Å². The fraction of sp³-hybridized carbons (Fsp3) is 0.316. The van der Waals surface area contributed by atoms with Crippen LogP contribution >= 0.6 is 0 Å². The second-order valence-corrected chi connectivity index (χ2v) is 6.67. The van der Waals surface area contributed by atoms with Crippen LogP contribution in [0.5, 0.6) is 5.88 Å². The highest BCUT2D eigenvalue weighted by Gasteiger charge is 2.30. The number of primary amides is 1. The second-order valence-electron chi connectivity index (χ2n) is 6.67. The number of ether oxygens (including phenoxy) is 2. The number of amides is 2. The number of halogens is 5. The van der Waals surface area contributed by atoms with Crippen LogP contribution in [-0.4, -0.2) is 42.4 Å². The molecule has 0 spiro atoms. The number of alkyl carbamates (subject to hydrolysis) is 1. The van der Waals surface area contributed by atoms with E-state index in [0.29, 0.717) is 11.6 Å². The third-order valence-electron chi connectivity index (χ3n) is 4.39. The molecule has 31 heavy (non-hydrogen) atoms. The van der Waals surface area contributed by atoms with Crippen LogP contribution in [0.15, 0.2) is 24.3 Å². The molecule has 0 saturated carbocycles. The van der Waals surface area contributed by atoms with Gasteiger partial charge in [-0.1, -0.05) is 0 Å². The first-order chi connectivity index (χ1) is 14.5. The molecule has 2 aromatic rings. The van der Waals surface area contributed by atoms with Gasteiger partial charge in [-0.05, 0) is 36.6 Å². The Labute approximate surface area is 172 Å². The van der Waals surface area contributed by atoms with E-state index in [1.807, 2.05) is 0 Å². The summed E-state index contributed by atoms with van der Waals surface area (Å²) >= 11 is 0. The highest BCUT2D eigenvalue weighted by molar-refractivity contribution is 5.93. The number of aromatic nitrogens is 1. The lowest BCUT2D eigenvalue weighted by Crippen LogP contribution is -2.37. The van der Waals surface area contributed by atoms with E-state index in [4.69, 9.17) is 15.2 Å². The SMILES string of the molecule is NC(=O)c1cc(-c2ccc(F)cc2F)c2c(n1)O[C@@H](COC(=O)NCC(F)(F)F)CC2. The number of carbonyl (C=O) groups is 2. The lowest BCUT2D eigenvalue weighted by molar-refractivity contribution is -0.123. The van der Waals surface area contributed by atoms with Crippen LogP contribution in [0, 0.1) is 11.6 Å². The molecule has 3 rings (SSSR count). The zero-order valence-electron chi connectivity index (χ0n) is 15.8. The van der Waals surface area contributed by atoms with Gasteiger partial charge in [0.15, 0.2) is 0 Å². The van der Waals surface area contributed by atoms with Gasteiger partial charge in [-0.15, -0.1) is 0 Å². The van der Waals surface area contributed by atoms with Crippen molar-refractivity contribution in [3.05, 3.63) is 47.2 Å². The number of fused-ring (bicyclic) bond motifs is 1. The maximum absolute atomic E-state index is 14.3. The number of nitrogens with zero attached hydrogens (tertiary/aromatic N) is 1. The molecule has 0 aliphatic carbocycles. The van der Waals surface area contributed by atoms with E-state index in [9.17, 15) is 31.5 Å². The van der Waals surface area contributed by atoms with Crippen molar-refractivity contribution in [1.82, 2.24) is 10.3 Å². The van der Waals surface area contributed by atoms with Crippen LogP contribution < -0.4 is 15.8 Å². The topological polar surface area (TPSA) is 104 Å². The van der Waals surface area contributed by atoms with Gasteiger partial charge < -0.3 is 20.5 Å². The van der Waals surface area contributed by atoms with Crippen molar-refractivity contribution in [2.24, 2.45) is 5.73 Å². The van der Waals surface area contributed by atoms with Gasteiger partial charge in [0.2, 0.25) is 5.88 Å². The Kier molecular flexibility index (Phi) is 6.27. The van der Waals surface area contributed by atoms with Crippen molar-refractivity contribution >= 4 is 12.0 Å². The molecule has 1 atom stereocenters. The van der Waals surface area contributed by atoms with Gasteiger partial charge in [-0.25, -0.2) is 18.6 Å². The van der Waals surface area contributed by atoms with Gasteiger partial charge in [-0.2, -0.15) is 13.2 Å². The van der Waals surface area contributed by atoms with E-state index in [0.717, 1.165) is 6.07 Å². The van der Waals surface area contributed by atoms with Crippen LogP contribution in [0.3, 0.4) is 0 Å². The Morgan fingerprint density at radius 2 is 1.97 bits per heavy atom. The van der Waals surface area contributed by atoms with Crippen molar-refractivity contribution in [3.63, 3.8) is 0 Å². The Hall–Kier alpha value is -3.44. The molecule has 0 unspecified atom stereocenters. The number of pyridine rings is 1. The largest absolute Gasteiger partial charge is 0.470 e. The molecule has 1 aliphatic rings. The smallest absolute Gasteiger partial charge is 0.407 e. The number of rotatable bonds is 5. The first-order valence-corrected chi connectivity index (χ1v) is 8.96. The summed E-state index contributed by atoms with van der Waals surface area (Å²) in [5.74, 6) is -2.63. The van der Waals surface area contributed by atoms with E-state index in [2.05, 4.69) is 4.98 Å². The van der Waals surface area contributed by atoms with E-state index in [1.165, 1.54) is 12.1 Å². The molecule has 0 fully saturated rings. The third kappa shape index (κ3) is 5.58. The first-order valence-electron chi connectivity index (χ1n) is 8.96.